The van der Waals surface area contributed by atoms with Crippen molar-refractivity contribution in [2.24, 2.45) is 5.90 Å². The third-order valence-corrected chi connectivity index (χ3v) is 2.75. The van der Waals surface area contributed by atoms with Crippen molar-refractivity contribution in [1.82, 2.24) is 0 Å². The molecule has 0 radical (unpaired) electrons. The van der Waals surface area contributed by atoms with Crippen LogP contribution >= 0.6 is 7.82 Å². The van der Waals surface area contributed by atoms with Crippen molar-refractivity contribution in [2.75, 3.05) is 7.11 Å². The minimum atomic E-state index is -5.05. The van der Waals surface area contributed by atoms with Gasteiger partial charge in [0.25, 0.3) is 0 Å². The maximum Gasteiger partial charge on any atom is 0.489 e. The first-order chi connectivity index (χ1) is 8.58. The van der Waals surface area contributed by atoms with Crippen molar-refractivity contribution in [3.63, 3.8) is 0 Å². The second kappa shape index (κ2) is 6.59. The van der Waals surface area contributed by atoms with Crippen molar-refractivity contribution < 1.29 is 47.9 Å². The predicted octanol–water partition coefficient (Wildman–Crippen LogP) is -1.15. The van der Waals surface area contributed by atoms with Gasteiger partial charge in [-0.3, -0.25) is 14.1 Å². The summed E-state index contributed by atoms with van der Waals surface area (Å²) in [5.74, 6) is -0.410. The summed E-state index contributed by atoms with van der Waals surface area (Å²) in [5.41, 5.74) is -2.84. The third kappa shape index (κ3) is 5.32. The van der Waals surface area contributed by atoms with Gasteiger partial charge in [-0.15, -0.1) is 0 Å². The molecule has 12 heteroatoms. The first-order valence-corrected chi connectivity index (χ1v) is 6.02. The van der Waals surface area contributed by atoms with E-state index in [9.17, 15) is 18.9 Å². The highest BCUT2D eigenvalue weighted by molar-refractivity contribution is 7.47. The van der Waals surface area contributed by atoms with Crippen LogP contribution in [-0.2, 0) is 32.8 Å². The number of phosphoric acid groups is 1. The quantitative estimate of drug-likeness (QED) is 0.241. The molecule has 0 aliphatic rings. The molecule has 11 nitrogen and oxygen atoms in total. The minimum absolute atomic E-state index is 0.910. The molecule has 0 bridgehead atoms. The van der Waals surface area contributed by atoms with Gasteiger partial charge >= 0.3 is 25.7 Å². The molecule has 2 unspecified atom stereocenters. The summed E-state index contributed by atoms with van der Waals surface area (Å²) >= 11 is 0. The Morgan fingerprint density at radius 1 is 1.26 bits per heavy atom. The van der Waals surface area contributed by atoms with Gasteiger partial charge in [0.2, 0.25) is 0 Å². The van der Waals surface area contributed by atoms with E-state index in [-0.39, 0.29) is 0 Å². The maximum absolute atomic E-state index is 11.1. The third-order valence-electron chi connectivity index (χ3n) is 1.91. The van der Waals surface area contributed by atoms with Gasteiger partial charge in [0.05, 0.1) is 20.0 Å². The normalized spacial score (nSPS) is 17.0. The summed E-state index contributed by atoms with van der Waals surface area (Å²) < 4.78 is 23.0. The number of carbonyl (C=O) groups is 3. The molecule has 19 heavy (non-hydrogen) atoms. The molecule has 0 rings (SSSR count). The first-order valence-electron chi connectivity index (χ1n) is 4.52. The van der Waals surface area contributed by atoms with Crippen LogP contribution in [0.4, 0.5) is 0 Å². The smallest absolute Gasteiger partial charge is 0.481 e. The van der Waals surface area contributed by atoms with Gasteiger partial charge in [-0.25, -0.2) is 19.9 Å². The molecule has 0 saturated carbocycles. The van der Waals surface area contributed by atoms with E-state index in [4.69, 9.17) is 15.1 Å². The summed E-state index contributed by atoms with van der Waals surface area (Å²) in [6, 6.07) is 0. The summed E-state index contributed by atoms with van der Waals surface area (Å²) in [6.45, 7) is 0. The molecule has 2 atom stereocenters. The van der Waals surface area contributed by atoms with Crippen LogP contribution in [0.3, 0.4) is 0 Å². The number of carboxylic acids is 2. The molecule has 0 saturated heterocycles. The van der Waals surface area contributed by atoms with E-state index >= 15 is 0 Å². The predicted molar refractivity (Wildman–Crippen MR) is 55.4 cm³/mol. The standard InChI is InChI=1S/C7H12NO10P/c1-16-5(11)3-7(6(12)13,2-4(9)10)17-19(14,15)18-8/h2-3,8H2,1H3,(H,9,10)(H,12,13)(H,14,15). The molecule has 5 N–H and O–H groups in total. The molecule has 0 fully saturated rings. The fourth-order valence-electron chi connectivity index (χ4n) is 1.11. The molecular formula is C7H12NO10P. The first kappa shape index (κ1) is 17.5. The van der Waals surface area contributed by atoms with Crippen LogP contribution in [-0.4, -0.2) is 45.7 Å². The van der Waals surface area contributed by atoms with Gasteiger partial charge in [0, 0.05) is 0 Å². The van der Waals surface area contributed by atoms with Crippen LogP contribution in [0.15, 0.2) is 0 Å². The zero-order chi connectivity index (χ0) is 15.3. The highest BCUT2D eigenvalue weighted by Gasteiger charge is 2.50. The molecule has 0 aromatic rings. The number of esters is 1. The van der Waals surface area contributed by atoms with Crippen molar-refractivity contribution in [3.8, 4) is 0 Å². The van der Waals surface area contributed by atoms with E-state index < -0.39 is 44.2 Å². The van der Waals surface area contributed by atoms with Crippen LogP contribution in [0.5, 0.6) is 0 Å². The van der Waals surface area contributed by atoms with Crippen molar-refractivity contribution in [2.45, 2.75) is 18.4 Å². The monoisotopic (exact) mass is 301 g/mol. The second-order valence-corrected chi connectivity index (χ2v) is 4.62. The topological polar surface area (TPSA) is 183 Å². The van der Waals surface area contributed by atoms with Crippen LogP contribution in [0.2, 0.25) is 0 Å². The second-order valence-electron chi connectivity index (χ2n) is 3.29. The molecular weight excluding hydrogens is 289 g/mol. The fraction of sp³-hybridized carbons (Fsp3) is 0.571. The number of phosphoric ester groups is 1. The van der Waals surface area contributed by atoms with Gasteiger partial charge in [-0.2, -0.15) is 0 Å². The lowest BCUT2D eigenvalue weighted by Crippen LogP contribution is -2.45. The molecule has 0 aromatic carbocycles. The van der Waals surface area contributed by atoms with E-state index in [2.05, 4.69) is 19.8 Å². The summed E-state index contributed by atoms with van der Waals surface area (Å²) in [4.78, 5) is 41.8. The van der Waals surface area contributed by atoms with Crippen LogP contribution < -0.4 is 5.90 Å². The van der Waals surface area contributed by atoms with Gasteiger partial charge in [0.1, 0.15) is 0 Å². The number of hydrogen-bond donors (Lipinski definition) is 4. The van der Waals surface area contributed by atoms with Gasteiger partial charge in [0.15, 0.2) is 5.60 Å². The average Bonchev–Trinajstić information content (AvgIpc) is 2.27. The van der Waals surface area contributed by atoms with E-state index in [1.165, 1.54) is 0 Å². The number of hydrogen-bond acceptors (Lipinski definition) is 8. The lowest BCUT2D eigenvalue weighted by atomic mass is 9.96. The van der Waals surface area contributed by atoms with Crippen molar-refractivity contribution in [3.05, 3.63) is 0 Å². The SMILES string of the molecule is COC(=O)CC(CC(=O)O)(OP(=O)(O)ON)C(=O)O. The van der Waals surface area contributed by atoms with E-state index in [1.54, 1.807) is 0 Å². The van der Waals surface area contributed by atoms with Crippen LogP contribution in [0, 0.1) is 0 Å². The van der Waals surface area contributed by atoms with Crippen molar-refractivity contribution >= 4 is 25.7 Å². The molecule has 0 aliphatic heterocycles. The largest absolute Gasteiger partial charge is 0.489 e. The Kier molecular flexibility index (Phi) is 6.06. The van der Waals surface area contributed by atoms with Crippen LogP contribution in [0.25, 0.3) is 0 Å². The Bertz CT molecular complexity index is 422. The van der Waals surface area contributed by atoms with E-state index in [0.717, 1.165) is 7.11 Å². The Balaban J connectivity index is 5.50. The zero-order valence-electron chi connectivity index (χ0n) is 9.64. The van der Waals surface area contributed by atoms with Crippen LogP contribution in [0.1, 0.15) is 12.8 Å². The number of carbonyl (C=O) groups excluding carboxylic acids is 1. The number of rotatable bonds is 8. The number of carboxylic acid groups (broad SMARTS) is 2. The number of aliphatic carboxylic acids is 2. The van der Waals surface area contributed by atoms with E-state index in [0.29, 0.717) is 0 Å². The Morgan fingerprint density at radius 2 is 1.79 bits per heavy atom. The zero-order valence-corrected chi connectivity index (χ0v) is 10.5. The lowest BCUT2D eigenvalue weighted by molar-refractivity contribution is -0.169. The van der Waals surface area contributed by atoms with Gasteiger partial charge in [-0.1, -0.05) is 0 Å². The maximum atomic E-state index is 11.1. The van der Waals surface area contributed by atoms with Gasteiger partial charge < -0.3 is 19.8 Å². The molecule has 110 valence electrons. The fourth-order valence-corrected chi connectivity index (χ4v) is 1.80. The summed E-state index contributed by atoms with van der Waals surface area (Å²) in [7, 11) is -4.14. The highest BCUT2D eigenvalue weighted by atomic mass is 31.2. The summed E-state index contributed by atoms with van der Waals surface area (Å²) in [6.07, 6.45) is -2.41. The molecule has 0 aliphatic carbocycles. The Labute approximate surface area is 106 Å². The summed E-state index contributed by atoms with van der Waals surface area (Å²) in [5, 5.41) is 17.6. The lowest BCUT2D eigenvalue weighted by Gasteiger charge is -2.27. The number of methoxy groups -OCH3 is 1. The Hall–Kier alpha value is -1.52. The molecule has 0 spiro atoms. The molecule has 0 amide bonds. The number of nitrogens with two attached hydrogens (primary N) is 1. The van der Waals surface area contributed by atoms with Gasteiger partial charge in [-0.05, 0) is 0 Å². The average molecular weight is 301 g/mol. The van der Waals surface area contributed by atoms with Crippen molar-refractivity contribution in [1.29, 1.82) is 0 Å². The molecule has 0 aromatic heterocycles. The highest BCUT2D eigenvalue weighted by Crippen LogP contribution is 2.47. The number of ether oxygens (including phenoxy) is 1. The minimum Gasteiger partial charge on any atom is -0.481 e. The van der Waals surface area contributed by atoms with E-state index in [1.807, 2.05) is 0 Å². The Morgan fingerprint density at radius 3 is 2.11 bits per heavy atom. The molecule has 0 heterocycles.